The lowest BCUT2D eigenvalue weighted by Gasteiger charge is -2.54. The van der Waals surface area contributed by atoms with E-state index in [9.17, 15) is 9.18 Å². The van der Waals surface area contributed by atoms with Gasteiger partial charge in [-0.1, -0.05) is 12.1 Å². The van der Waals surface area contributed by atoms with Gasteiger partial charge in [-0.15, -0.1) is 0 Å². The van der Waals surface area contributed by atoms with Gasteiger partial charge in [0, 0.05) is 25.7 Å². The number of carbonyl (C=O) groups excluding carboxylic acids is 1. The standard InChI is InChI=1S/C23H31FN2O2/c24-20-3-1-15(2-4-20)13-26-5-6-28-21(14-26)12-22(27)25-23-18-8-16-7-17(10-18)11-19(23)9-16/h1-4,16-19,21,23H,5-14H2,(H,25,27). The van der Waals surface area contributed by atoms with Crippen LogP contribution in [-0.4, -0.2) is 42.6 Å². The van der Waals surface area contributed by atoms with Crippen LogP contribution in [0.2, 0.25) is 0 Å². The lowest BCUT2D eigenvalue weighted by atomic mass is 9.54. The minimum Gasteiger partial charge on any atom is -0.375 e. The molecule has 28 heavy (non-hydrogen) atoms. The van der Waals surface area contributed by atoms with E-state index in [1.165, 1.54) is 44.2 Å². The van der Waals surface area contributed by atoms with Gasteiger partial charge in [0.1, 0.15) is 5.82 Å². The molecular weight excluding hydrogens is 355 g/mol. The Morgan fingerprint density at radius 3 is 2.43 bits per heavy atom. The van der Waals surface area contributed by atoms with E-state index in [4.69, 9.17) is 4.74 Å². The predicted octanol–water partition coefficient (Wildman–Crippen LogP) is 3.36. The van der Waals surface area contributed by atoms with Crippen molar-refractivity contribution in [1.82, 2.24) is 10.2 Å². The summed E-state index contributed by atoms with van der Waals surface area (Å²) in [5.74, 6) is 3.23. The molecule has 5 fully saturated rings. The zero-order chi connectivity index (χ0) is 19.1. The third kappa shape index (κ3) is 3.97. The van der Waals surface area contributed by atoms with Crippen LogP contribution < -0.4 is 5.32 Å². The van der Waals surface area contributed by atoms with Gasteiger partial charge in [-0.25, -0.2) is 4.39 Å². The van der Waals surface area contributed by atoms with Crippen LogP contribution >= 0.6 is 0 Å². The van der Waals surface area contributed by atoms with E-state index >= 15 is 0 Å². The number of morpholine rings is 1. The van der Waals surface area contributed by atoms with Gasteiger partial charge < -0.3 is 10.1 Å². The molecule has 1 atom stereocenters. The molecular formula is C23H31FN2O2. The molecule has 4 saturated carbocycles. The second kappa shape index (κ2) is 7.75. The number of nitrogens with zero attached hydrogens (tertiary/aromatic N) is 1. The van der Waals surface area contributed by atoms with Gasteiger partial charge in [-0.2, -0.15) is 0 Å². The van der Waals surface area contributed by atoms with Crippen molar-refractivity contribution < 1.29 is 13.9 Å². The number of halogens is 1. The molecule has 6 rings (SSSR count). The number of nitrogens with one attached hydrogen (secondary N) is 1. The average Bonchev–Trinajstić information content (AvgIpc) is 2.66. The Bertz CT molecular complexity index is 679. The number of hydrogen-bond acceptors (Lipinski definition) is 3. The smallest absolute Gasteiger partial charge is 0.222 e. The molecule has 1 N–H and O–H groups in total. The van der Waals surface area contributed by atoms with E-state index in [2.05, 4.69) is 10.2 Å². The molecule has 1 aromatic rings. The zero-order valence-electron chi connectivity index (χ0n) is 16.5. The van der Waals surface area contributed by atoms with Crippen LogP contribution in [0.15, 0.2) is 24.3 Å². The number of benzene rings is 1. The van der Waals surface area contributed by atoms with Crippen molar-refractivity contribution in [3.05, 3.63) is 35.6 Å². The van der Waals surface area contributed by atoms with Crippen LogP contribution in [0.4, 0.5) is 4.39 Å². The van der Waals surface area contributed by atoms with Gasteiger partial charge in [0.25, 0.3) is 0 Å². The molecule has 1 heterocycles. The normalized spacial score (nSPS) is 37.2. The molecule has 1 amide bonds. The quantitative estimate of drug-likeness (QED) is 0.844. The molecule has 1 aromatic carbocycles. The highest BCUT2D eigenvalue weighted by molar-refractivity contribution is 5.77. The molecule has 1 aliphatic heterocycles. The third-order valence-electron chi connectivity index (χ3n) is 7.51. The summed E-state index contributed by atoms with van der Waals surface area (Å²) in [4.78, 5) is 15.1. The van der Waals surface area contributed by atoms with Crippen LogP contribution in [0.25, 0.3) is 0 Å². The van der Waals surface area contributed by atoms with Crippen LogP contribution in [0, 0.1) is 29.5 Å². The maximum atomic E-state index is 13.1. The molecule has 0 spiro atoms. The van der Waals surface area contributed by atoms with Gasteiger partial charge in [0.05, 0.1) is 19.1 Å². The highest BCUT2D eigenvalue weighted by Crippen LogP contribution is 2.53. The summed E-state index contributed by atoms with van der Waals surface area (Å²) in [6, 6.07) is 7.08. The minimum absolute atomic E-state index is 0.0500. The molecule has 1 unspecified atom stereocenters. The lowest BCUT2D eigenvalue weighted by Crippen LogP contribution is -2.56. The molecule has 1 saturated heterocycles. The molecule has 4 nitrogen and oxygen atoms in total. The van der Waals surface area contributed by atoms with E-state index in [-0.39, 0.29) is 17.8 Å². The van der Waals surface area contributed by atoms with Gasteiger partial charge in [0.2, 0.25) is 5.91 Å². The van der Waals surface area contributed by atoms with E-state index in [1.807, 2.05) is 12.1 Å². The van der Waals surface area contributed by atoms with Crippen LogP contribution in [-0.2, 0) is 16.1 Å². The fourth-order valence-electron chi connectivity index (χ4n) is 6.51. The van der Waals surface area contributed by atoms with E-state index in [1.54, 1.807) is 0 Å². The first kappa shape index (κ1) is 18.6. The van der Waals surface area contributed by atoms with Crippen LogP contribution in [0.1, 0.15) is 44.1 Å². The maximum absolute atomic E-state index is 13.1. The SMILES string of the molecule is O=C(CC1CN(Cc2ccc(F)cc2)CCO1)NC1C2CC3CC(C2)CC1C3. The largest absolute Gasteiger partial charge is 0.375 e. The predicted molar refractivity (Wildman–Crippen MR) is 105 cm³/mol. The van der Waals surface area contributed by atoms with Crippen molar-refractivity contribution in [2.45, 2.75) is 57.2 Å². The highest BCUT2D eigenvalue weighted by Gasteiger charge is 2.48. The van der Waals surface area contributed by atoms with Crippen molar-refractivity contribution >= 4 is 5.91 Å². The monoisotopic (exact) mass is 386 g/mol. The number of amides is 1. The fourth-order valence-corrected chi connectivity index (χ4v) is 6.51. The van der Waals surface area contributed by atoms with E-state index in [0.717, 1.165) is 37.0 Å². The van der Waals surface area contributed by atoms with E-state index < -0.39 is 0 Å². The first-order valence-corrected chi connectivity index (χ1v) is 11.0. The first-order valence-electron chi connectivity index (χ1n) is 11.0. The lowest BCUT2D eigenvalue weighted by molar-refractivity contribution is -0.130. The first-order chi connectivity index (χ1) is 13.6. The van der Waals surface area contributed by atoms with Crippen molar-refractivity contribution in [1.29, 1.82) is 0 Å². The summed E-state index contributed by atoms with van der Waals surface area (Å²) in [6.45, 7) is 3.03. The summed E-state index contributed by atoms with van der Waals surface area (Å²) >= 11 is 0. The number of rotatable bonds is 5. The molecule has 152 valence electrons. The van der Waals surface area contributed by atoms with Crippen molar-refractivity contribution in [2.75, 3.05) is 19.7 Å². The van der Waals surface area contributed by atoms with Gasteiger partial charge >= 0.3 is 0 Å². The second-order valence-electron chi connectivity index (χ2n) is 9.58. The highest BCUT2D eigenvalue weighted by atomic mass is 19.1. The van der Waals surface area contributed by atoms with Gasteiger partial charge in [-0.05, 0) is 73.5 Å². The minimum atomic E-state index is -0.204. The molecule has 0 aromatic heterocycles. The Kier molecular flexibility index (Phi) is 5.14. The number of ether oxygens (including phenoxy) is 1. The number of hydrogen-bond donors (Lipinski definition) is 1. The zero-order valence-corrected chi connectivity index (χ0v) is 16.5. The Hall–Kier alpha value is -1.46. The number of carbonyl (C=O) groups is 1. The summed E-state index contributed by atoms with van der Waals surface area (Å²) in [7, 11) is 0. The summed E-state index contributed by atoms with van der Waals surface area (Å²) in [5.41, 5.74) is 1.10. The van der Waals surface area contributed by atoms with Crippen molar-refractivity contribution in [2.24, 2.45) is 23.7 Å². The Balaban J connectivity index is 1.13. The second-order valence-corrected chi connectivity index (χ2v) is 9.58. The van der Waals surface area contributed by atoms with Crippen LogP contribution in [0.5, 0.6) is 0 Å². The molecule has 5 aliphatic rings. The molecule has 4 aliphatic carbocycles. The van der Waals surface area contributed by atoms with Gasteiger partial charge in [0.15, 0.2) is 0 Å². The van der Waals surface area contributed by atoms with Gasteiger partial charge in [-0.3, -0.25) is 9.69 Å². The third-order valence-corrected chi connectivity index (χ3v) is 7.51. The molecule has 5 heteroatoms. The van der Waals surface area contributed by atoms with Crippen molar-refractivity contribution in [3.8, 4) is 0 Å². The molecule has 0 radical (unpaired) electrons. The Labute approximate surface area is 166 Å². The van der Waals surface area contributed by atoms with Crippen molar-refractivity contribution in [3.63, 3.8) is 0 Å². The average molecular weight is 387 g/mol. The maximum Gasteiger partial charge on any atom is 0.222 e. The Morgan fingerprint density at radius 1 is 1.07 bits per heavy atom. The van der Waals surface area contributed by atoms with Crippen LogP contribution in [0.3, 0.4) is 0 Å². The topological polar surface area (TPSA) is 41.6 Å². The fraction of sp³-hybridized carbons (Fsp3) is 0.696. The summed E-state index contributed by atoms with van der Waals surface area (Å²) < 4.78 is 19.0. The molecule has 4 bridgehead atoms. The summed E-state index contributed by atoms with van der Waals surface area (Å²) in [6.07, 6.45) is 7.13. The Morgan fingerprint density at radius 2 is 1.75 bits per heavy atom. The summed E-state index contributed by atoms with van der Waals surface area (Å²) in [5, 5.41) is 3.40. The van der Waals surface area contributed by atoms with E-state index in [0.29, 0.717) is 30.9 Å².